The van der Waals surface area contributed by atoms with Gasteiger partial charge in [0.05, 0.1) is 11.4 Å². The summed E-state index contributed by atoms with van der Waals surface area (Å²) in [5.74, 6) is 0.548. The summed E-state index contributed by atoms with van der Waals surface area (Å²) in [5, 5.41) is 0. The van der Waals surface area contributed by atoms with E-state index in [1.165, 1.54) is 9.13 Å². The molecule has 4 aromatic rings. The summed E-state index contributed by atoms with van der Waals surface area (Å²) >= 11 is 0. The third-order valence-corrected chi connectivity index (χ3v) is 4.52. The van der Waals surface area contributed by atoms with Crippen molar-refractivity contribution in [2.24, 2.45) is 7.05 Å². The highest BCUT2D eigenvalue weighted by Gasteiger charge is 2.20. The van der Waals surface area contributed by atoms with Crippen LogP contribution >= 0.6 is 0 Å². The summed E-state index contributed by atoms with van der Waals surface area (Å²) in [6.45, 7) is 4.00. The smallest absolute Gasteiger partial charge is 0.332 e. The van der Waals surface area contributed by atoms with Crippen molar-refractivity contribution in [2.75, 3.05) is 5.73 Å². The van der Waals surface area contributed by atoms with E-state index in [4.69, 9.17) is 5.73 Å². The number of rotatable bonds is 2. The fourth-order valence-corrected chi connectivity index (χ4v) is 3.28. The van der Waals surface area contributed by atoms with Crippen LogP contribution in [-0.2, 0) is 13.6 Å². The Labute approximate surface area is 142 Å². The second-order valence-electron chi connectivity index (χ2n) is 6.01. The molecule has 0 unspecified atom stereocenters. The van der Waals surface area contributed by atoms with E-state index in [0.29, 0.717) is 29.2 Å². The lowest BCUT2D eigenvalue weighted by atomic mass is 10.2. The molecule has 0 saturated carbocycles. The molecule has 3 heterocycles. The molecule has 2 N–H and O–H groups in total. The number of nitrogen functional groups attached to an aromatic ring is 1. The summed E-state index contributed by atoms with van der Waals surface area (Å²) in [5.41, 5.74) is 8.43. The van der Waals surface area contributed by atoms with E-state index in [2.05, 4.69) is 4.98 Å². The molecule has 0 amide bonds. The molecule has 0 fully saturated rings. The van der Waals surface area contributed by atoms with Gasteiger partial charge in [-0.3, -0.25) is 22.9 Å². The number of anilines is 1. The first kappa shape index (κ1) is 15.3. The molecule has 1 aromatic carbocycles. The Kier molecular flexibility index (Phi) is 3.11. The second-order valence-corrected chi connectivity index (χ2v) is 6.01. The van der Waals surface area contributed by atoms with Crippen LogP contribution in [0.3, 0.4) is 0 Å². The first-order valence-corrected chi connectivity index (χ1v) is 8.00. The van der Waals surface area contributed by atoms with Gasteiger partial charge in [-0.05, 0) is 26.0 Å². The predicted octanol–water partition coefficient (Wildman–Crippen LogP) is 1.05. The van der Waals surface area contributed by atoms with Gasteiger partial charge in [-0.2, -0.15) is 4.98 Å². The molecule has 8 nitrogen and oxygen atoms in total. The van der Waals surface area contributed by atoms with Gasteiger partial charge in [-0.1, -0.05) is 12.1 Å². The molecule has 0 spiro atoms. The number of nitrogens with zero attached hydrogens (tertiary/aromatic N) is 5. The minimum atomic E-state index is -0.372. The highest BCUT2D eigenvalue weighted by Crippen LogP contribution is 2.24. The van der Waals surface area contributed by atoms with Crippen LogP contribution in [0.4, 0.5) is 5.69 Å². The zero-order chi connectivity index (χ0) is 17.9. The molecule has 0 aliphatic carbocycles. The van der Waals surface area contributed by atoms with E-state index in [-0.39, 0.29) is 11.2 Å². The van der Waals surface area contributed by atoms with Gasteiger partial charge in [0.15, 0.2) is 11.2 Å². The van der Waals surface area contributed by atoms with Gasteiger partial charge in [0.2, 0.25) is 5.78 Å². The number of nitrogens with two attached hydrogens (primary N) is 1. The largest absolute Gasteiger partial charge is 0.397 e. The van der Waals surface area contributed by atoms with Crippen LogP contribution in [0.5, 0.6) is 0 Å². The van der Waals surface area contributed by atoms with Gasteiger partial charge in [0, 0.05) is 25.5 Å². The Morgan fingerprint density at radius 3 is 2.60 bits per heavy atom. The maximum absolute atomic E-state index is 12.8. The zero-order valence-corrected chi connectivity index (χ0v) is 14.2. The minimum Gasteiger partial charge on any atom is -0.397 e. The Morgan fingerprint density at radius 1 is 1.20 bits per heavy atom. The number of hydrogen-bond acceptors (Lipinski definition) is 4. The van der Waals surface area contributed by atoms with Gasteiger partial charge in [-0.25, -0.2) is 4.79 Å². The normalized spacial score (nSPS) is 11.6. The molecule has 0 radical (unpaired) electrons. The Balaban J connectivity index is 2.22. The molecule has 0 atom stereocenters. The Morgan fingerprint density at radius 2 is 1.92 bits per heavy atom. The third kappa shape index (κ3) is 1.90. The fraction of sp³-hybridized carbons (Fsp3) is 0.235. The van der Waals surface area contributed by atoms with E-state index in [0.717, 1.165) is 11.4 Å². The van der Waals surface area contributed by atoms with Crippen LogP contribution in [0.2, 0.25) is 0 Å². The van der Waals surface area contributed by atoms with Gasteiger partial charge in [0.25, 0.3) is 5.56 Å². The molecular formula is C17H18N6O2. The first-order valence-electron chi connectivity index (χ1n) is 8.00. The molecule has 8 heteroatoms. The van der Waals surface area contributed by atoms with Crippen molar-refractivity contribution in [1.29, 1.82) is 0 Å². The van der Waals surface area contributed by atoms with Crippen molar-refractivity contribution in [3.05, 3.63) is 57.0 Å². The van der Waals surface area contributed by atoms with Crippen molar-refractivity contribution in [2.45, 2.75) is 20.4 Å². The van der Waals surface area contributed by atoms with Crippen LogP contribution in [0.15, 0.2) is 40.1 Å². The van der Waals surface area contributed by atoms with E-state index < -0.39 is 0 Å². The molecule has 0 aliphatic heterocycles. The lowest BCUT2D eigenvalue weighted by molar-refractivity contribution is 0.637. The Bertz CT molecular complexity index is 1250. The standard InChI is InChI=1S/C17H18N6O2/c1-4-21-15(24)13-14(20(3)17(21)25)19-16-22(13)9-10(2)23(16)12-8-6-5-7-11(12)18/h5-9H,4,18H2,1-3H3. The average molecular weight is 338 g/mol. The van der Waals surface area contributed by atoms with Gasteiger partial charge >= 0.3 is 5.69 Å². The van der Waals surface area contributed by atoms with Crippen molar-refractivity contribution < 1.29 is 0 Å². The molecule has 0 bridgehead atoms. The number of fused-ring (bicyclic) bond motifs is 3. The van der Waals surface area contributed by atoms with E-state index in [9.17, 15) is 9.59 Å². The fourth-order valence-electron chi connectivity index (χ4n) is 3.28. The van der Waals surface area contributed by atoms with Gasteiger partial charge < -0.3 is 5.73 Å². The number of aryl methyl sites for hydroxylation is 2. The molecule has 0 saturated heterocycles. The van der Waals surface area contributed by atoms with Crippen LogP contribution in [0.1, 0.15) is 12.6 Å². The van der Waals surface area contributed by atoms with Crippen molar-refractivity contribution in [3.8, 4) is 5.69 Å². The van der Waals surface area contributed by atoms with Crippen LogP contribution in [0, 0.1) is 6.92 Å². The summed E-state index contributed by atoms with van der Waals surface area (Å²) in [7, 11) is 1.62. The number of benzene rings is 1. The predicted molar refractivity (Wildman–Crippen MR) is 96.3 cm³/mol. The summed E-state index contributed by atoms with van der Waals surface area (Å²) in [6, 6.07) is 7.46. The van der Waals surface area contributed by atoms with Crippen molar-refractivity contribution >= 4 is 22.6 Å². The highest BCUT2D eigenvalue weighted by molar-refractivity contribution is 5.77. The molecule has 3 aromatic heterocycles. The number of aromatic nitrogens is 5. The molecule has 128 valence electrons. The minimum absolute atomic E-state index is 0.306. The SMILES string of the molecule is CCn1c(=O)c2c(nc3n(-c4ccccc4N)c(C)cn23)n(C)c1=O. The Hall–Kier alpha value is -3.29. The monoisotopic (exact) mass is 338 g/mol. The lowest BCUT2D eigenvalue weighted by Gasteiger charge is -2.08. The average Bonchev–Trinajstić information content (AvgIpc) is 3.09. The molecule has 4 rings (SSSR count). The highest BCUT2D eigenvalue weighted by atomic mass is 16.2. The van der Waals surface area contributed by atoms with Gasteiger partial charge in [-0.15, -0.1) is 0 Å². The van der Waals surface area contributed by atoms with Crippen LogP contribution in [0.25, 0.3) is 22.6 Å². The quantitative estimate of drug-likeness (QED) is 0.553. The second kappa shape index (κ2) is 5.10. The third-order valence-electron chi connectivity index (χ3n) is 4.52. The van der Waals surface area contributed by atoms with Crippen molar-refractivity contribution in [1.82, 2.24) is 23.1 Å². The van der Waals surface area contributed by atoms with E-state index in [1.54, 1.807) is 18.4 Å². The first-order chi connectivity index (χ1) is 12.0. The van der Waals surface area contributed by atoms with E-state index >= 15 is 0 Å². The van der Waals surface area contributed by atoms with Crippen LogP contribution in [-0.4, -0.2) is 23.1 Å². The summed E-state index contributed by atoms with van der Waals surface area (Å²) in [6.07, 6.45) is 1.84. The van der Waals surface area contributed by atoms with E-state index in [1.807, 2.05) is 42.0 Å². The maximum atomic E-state index is 12.8. The number of para-hydroxylation sites is 2. The maximum Gasteiger partial charge on any atom is 0.332 e. The summed E-state index contributed by atoms with van der Waals surface area (Å²) in [4.78, 5) is 29.7. The topological polar surface area (TPSA) is 92.2 Å². The zero-order valence-electron chi connectivity index (χ0n) is 14.2. The van der Waals surface area contributed by atoms with Crippen LogP contribution < -0.4 is 17.0 Å². The molecule has 0 aliphatic rings. The molecule has 25 heavy (non-hydrogen) atoms. The van der Waals surface area contributed by atoms with Gasteiger partial charge in [0.1, 0.15) is 0 Å². The molecular weight excluding hydrogens is 320 g/mol. The lowest BCUT2D eigenvalue weighted by Crippen LogP contribution is -2.38. The van der Waals surface area contributed by atoms with Crippen molar-refractivity contribution in [3.63, 3.8) is 0 Å². The number of hydrogen-bond donors (Lipinski definition) is 1. The summed E-state index contributed by atoms with van der Waals surface area (Å²) < 4.78 is 6.22. The number of imidazole rings is 2.